The summed E-state index contributed by atoms with van der Waals surface area (Å²) in [5.41, 5.74) is 13.2. The molecule has 1 saturated heterocycles. The fourth-order valence-corrected chi connectivity index (χ4v) is 4.72. The van der Waals surface area contributed by atoms with Gasteiger partial charge in [0.15, 0.2) is 17.3 Å². The largest absolute Gasteiger partial charge is 0.382 e. The molecule has 0 unspecified atom stereocenters. The quantitative estimate of drug-likeness (QED) is 0.417. The molecule has 1 fully saturated rings. The normalized spacial score (nSPS) is 16.3. The Kier molecular flexibility index (Phi) is 5.26. The van der Waals surface area contributed by atoms with Crippen LogP contribution >= 0.6 is 0 Å². The van der Waals surface area contributed by atoms with Gasteiger partial charge in [0.05, 0.1) is 5.52 Å². The molecule has 5 aromatic rings. The third-order valence-electron chi connectivity index (χ3n) is 6.69. The van der Waals surface area contributed by atoms with E-state index in [1.807, 2.05) is 18.3 Å². The van der Waals surface area contributed by atoms with E-state index in [1.54, 1.807) is 10.8 Å². The van der Waals surface area contributed by atoms with Crippen LogP contribution < -0.4 is 16.0 Å². The third-order valence-corrected chi connectivity index (χ3v) is 6.69. The number of nitrogens with zero attached hydrogens (tertiary/aromatic N) is 7. The van der Waals surface area contributed by atoms with Crippen LogP contribution in [0.5, 0.6) is 0 Å². The summed E-state index contributed by atoms with van der Waals surface area (Å²) in [5, 5.41) is 7.57. The van der Waals surface area contributed by atoms with Crippen molar-refractivity contribution in [1.29, 1.82) is 0 Å². The highest BCUT2D eigenvalue weighted by molar-refractivity contribution is 5.87. The second-order valence-electron chi connectivity index (χ2n) is 9.13. The van der Waals surface area contributed by atoms with Gasteiger partial charge in [-0.2, -0.15) is 5.10 Å². The molecule has 0 spiro atoms. The number of piperazine rings is 1. The number of anilines is 2. The summed E-state index contributed by atoms with van der Waals surface area (Å²) in [4.78, 5) is 20.8. The van der Waals surface area contributed by atoms with Crippen molar-refractivity contribution in [2.45, 2.75) is 26.3 Å². The summed E-state index contributed by atoms with van der Waals surface area (Å²) >= 11 is 0. The molecule has 0 saturated carbocycles. The van der Waals surface area contributed by atoms with Crippen LogP contribution in [0.1, 0.15) is 23.6 Å². The molecule has 0 bridgehead atoms. The van der Waals surface area contributed by atoms with Gasteiger partial charge >= 0.3 is 0 Å². The smallest absolute Gasteiger partial charge is 0.162 e. The van der Waals surface area contributed by atoms with Crippen molar-refractivity contribution in [2.75, 3.05) is 30.3 Å². The van der Waals surface area contributed by atoms with Gasteiger partial charge in [-0.05, 0) is 67.3 Å². The molecule has 0 amide bonds. The number of pyridine rings is 2. The van der Waals surface area contributed by atoms with E-state index in [0.717, 1.165) is 48.6 Å². The average molecular weight is 466 g/mol. The average Bonchev–Trinajstić information content (AvgIpc) is 3.33. The molecule has 9 nitrogen and oxygen atoms in total. The van der Waals surface area contributed by atoms with Crippen LogP contribution in [0.2, 0.25) is 0 Å². The van der Waals surface area contributed by atoms with Crippen molar-refractivity contribution in [1.82, 2.24) is 34.9 Å². The predicted molar refractivity (Wildman–Crippen MR) is 137 cm³/mol. The van der Waals surface area contributed by atoms with E-state index >= 15 is 0 Å². The molecule has 1 atom stereocenters. The summed E-state index contributed by atoms with van der Waals surface area (Å²) in [6.07, 6.45) is 4.32. The lowest BCUT2D eigenvalue weighted by molar-refractivity contribution is 0.497. The van der Waals surface area contributed by atoms with E-state index in [0.29, 0.717) is 23.2 Å². The molecule has 4 aromatic heterocycles. The molecule has 0 aliphatic carbocycles. The maximum atomic E-state index is 6.38. The first kappa shape index (κ1) is 21.4. The summed E-state index contributed by atoms with van der Waals surface area (Å²) in [6, 6.07) is 14.8. The minimum absolute atomic E-state index is 0.370. The summed E-state index contributed by atoms with van der Waals surface area (Å²) in [7, 11) is 0. The van der Waals surface area contributed by atoms with Crippen molar-refractivity contribution in [3.05, 3.63) is 71.7 Å². The molecule has 5 heterocycles. The predicted octanol–water partition coefficient (Wildman–Crippen LogP) is 3.01. The fourth-order valence-electron chi connectivity index (χ4n) is 4.72. The van der Waals surface area contributed by atoms with Gasteiger partial charge in [0.1, 0.15) is 17.7 Å². The van der Waals surface area contributed by atoms with E-state index in [4.69, 9.17) is 15.7 Å². The Morgan fingerprint density at radius 1 is 1.09 bits per heavy atom. The molecule has 6 rings (SSSR count). The van der Waals surface area contributed by atoms with Crippen LogP contribution in [0, 0.1) is 6.92 Å². The van der Waals surface area contributed by atoms with E-state index in [1.165, 1.54) is 16.7 Å². The Hall–Kier alpha value is -4.11. The number of aryl methyl sites for hydroxylation is 1. The van der Waals surface area contributed by atoms with Crippen molar-refractivity contribution in [3.63, 3.8) is 0 Å². The minimum atomic E-state index is 0.370. The molecule has 1 aliphatic rings. The number of hydrogen-bond donors (Lipinski definition) is 2. The lowest BCUT2D eigenvalue weighted by Crippen LogP contribution is -2.50. The third kappa shape index (κ3) is 4.04. The number of aromatic nitrogens is 6. The molecular weight excluding hydrogens is 438 g/mol. The van der Waals surface area contributed by atoms with Crippen LogP contribution in [0.4, 0.5) is 11.6 Å². The number of hydrogen-bond acceptors (Lipinski definition) is 8. The van der Waals surface area contributed by atoms with Gasteiger partial charge in [-0.25, -0.2) is 24.5 Å². The summed E-state index contributed by atoms with van der Waals surface area (Å²) in [5.74, 6) is 1.93. The topological polar surface area (TPSA) is 110 Å². The zero-order chi connectivity index (χ0) is 23.9. The van der Waals surface area contributed by atoms with Crippen molar-refractivity contribution in [3.8, 4) is 11.4 Å². The molecule has 3 N–H and O–H groups in total. The monoisotopic (exact) mass is 465 g/mol. The molecule has 35 heavy (non-hydrogen) atoms. The van der Waals surface area contributed by atoms with Gasteiger partial charge in [-0.15, -0.1) is 0 Å². The number of fused-ring (bicyclic) bond motifs is 2. The van der Waals surface area contributed by atoms with Gasteiger partial charge in [0.2, 0.25) is 0 Å². The van der Waals surface area contributed by atoms with Crippen LogP contribution in [0.25, 0.3) is 28.1 Å². The first-order valence-corrected chi connectivity index (χ1v) is 11.8. The Balaban J connectivity index is 1.29. The number of rotatable bonds is 4. The van der Waals surface area contributed by atoms with Crippen LogP contribution in [0.15, 0.2) is 55.0 Å². The fraction of sp³-hybridized carbons (Fsp3) is 0.269. The van der Waals surface area contributed by atoms with Gasteiger partial charge in [-0.1, -0.05) is 12.1 Å². The van der Waals surface area contributed by atoms with E-state index < -0.39 is 0 Å². The Morgan fingerprint density at radius 2 is 2.00 bits per heavy atom. The van der Waals surface area contributed by atoms with Gasteiger partial charge < -0.3 is 16.0 Å². The van der Waals surface area contributed by atoms with Crippen molar-refractivity contribution < 1.29 is 0 Å². The number of nitrogens with two attached hydrogens (primary N) is 1. The molecule has 9 heteroatoms. The zero-order valence-corrected chi connectivity index (χ0v) is 19.8. The van der Waals surface area contributed by atoms with E-state index in [9.17, 15) is 0 Å². The second kappa shape index (κ2) is 8.59. The zero-order valence-electron chi connectivity index (χ0n) is 19.8. The molecule has 0 radical (unpaired) electrons. The highest BCUT2D eigenvalue weighted by Crippen LogP contribution is 2.27. The number of nitrogens with one attached hydrogen (secondary N) is 1. The molecule has 1 aliphatic heterocycles. The highest BCUT2D eigenvalue weighted by atomic mass is 15.3. The van der Waals surface area contributed by atoms with Gasteiger partial charge in [0, 0.05) is 37.4 Å². The van der Waals surface area contributed by atoms with Crippen LogP contribution in [-0.4, -0.2) is 55.2 Å². The first-order valence-electron chi connectivity index (χ1n) is 11.8. The first-order chi connectivity index (χ1) is 17.0. The summed E-state index contributed by atoms with van der Waals surface area (Å²) < 4.78 is 1.77. The molecule has 1 aromatic carbocycles. The summed E-state index contributed by atoms with van der Waals surface area (Å²) in [6.45, 7) is 7.10. The van der Waals surface area contributed by atoms with E-state index in [2.05, 4.69) is 69.5 Å². The van der Waals surface area contributed by atoms with E-state index in [-0.39, 0.29) is 0 Å². The van der Waals surface area contributed by atoms with Crippen LogP contribution in [0.3, 0.4) is 0 Å². The number of benzene rings is 1. The Morgan fingerprint density at radius 3 is 2.86 bits per heavy atom. The molecule has 176 valence electrons. The standard InChI is InChI=1S/C26H27N9/c1-16-11-20(4-3-19(16)12-18-7-9-35-23(13-18)29-15-30-35)26-31-21-5-6-22(32-24(21)25(27)33-26)34-10-8-28-14-17(34)2/h3-7,9,11,13,15,17,28H,8,10,12,14H2,1-2H3,(H2,27,31,33)/t17-/m0/s1. The maximum absolute atomic E-state index is 6.38. The minimum Gasteiger partial charge on any atom is -0.382 e. The Bertz CT molecular complexity index is 1540. The number of nitrogen functional groups attached to an aromatic ring is 1. The van der Waals surface area contributed by atoms with Crippen molar-refractivity contribution >= 4 is 28.3 Å². The lowest BCUT2D eigenvalue weighted by Gasteiger charge is -2.35. The Labute approximate surface area is 203 Å². The molecular formula is C26H27N9. The maximum Gasteiger partial charge on any atom is 0.162 e. The van der Waals surface area contributed by atoms with Crippen LogP contribution in [-0.2, 0) is 6.42 Å². The lowest BCUT2D eigenvalue weighted by atomic mass is 9.99. The van der Waals surface area contributed by atoms with Gasteiger partial charge in [-0.3, -0.25) is 0 Å². The highest BCUT2D eigenvalue weighted by Gasteiger charge is 2.20. The second-order valence-corrected chi connectivity index (χ2v) is 9.13. The van der Waals surface area contributed by atoms with Crippen molar-refractivity contribution in [2.24, 2.45) is 0 Å². The van der Waals surface area contributed by atoms with Gasteiger partial charge in [0.25, 0.3) is 0 Å². The SMILES string of the molecule is Cc1cc(-c2nc(N)c3nc(N4CCNC[C@@H]4C)ccc3n2)ccc1Cc1ccn2ncnc2c1.